The van der Waals surface area contributed by atoms with Crippen LogP contribution in [0.4, 0.5) is 5.69 Å². The van der Waals surface area contributed by atoms with Crippen LogP contribution in [0, 0.1) is 0 Å². The van der Waals surface area contributed by atoms with Crippen molar-refractivity contribution in [2.45, 2.75) is 25.3 Å². The Hall–Kier alpha value is -3.81. The van der Waals surface area contributed by atoms with Crippen molar-refractivity contribution in [1.82, 2.24) is 30.2 Å². The summed E-state index contributed by atoms with van der Waals surface area (Å²) in [5.41, 5.74) is 3.33. The molecule has 0 bridgehead atoms. The number of aromatic amines is 1. The summed E-state index contributed by atoms with van der Waals surface area (Å²) in [6, 6.07) is 17.2. The summed E-state index contributed by atoms with van der Waals surface area (Å²) in [7, 11) is 0. The molecule has 29 heavy (non-hydrogen) atoms. The Morgan fingerprint density at radius 2 is 1.90 bits per heavy atom. The quantitative estimate of drug-likeness (QED) is 0.530. The fourth-order valence-electron chi connectivity index (χ4n) is 3.19. The number of amides is 1. The van der Waals surface area contributed by atoms with Crippen LogP contribution in [-0.4, -0.2) is 36.1 Å². The van der Waals surface area contributed by atoms with E-state index in [1.54, 1.807) is 4.68 Å². The molecule has 5 rings (SSSR count). The van der Waals surface area contributed by atoms with Gasteiger partial charge in [0, 0.05) is 23.2 Å². The lowest BCUT2D eigenvalue weighted by Crippen LogP contribution is -2.19. The fraction of sp³-hybridized carbons (Fsp3) is 0.190. The van der Waals surface area contributed by atoms with Gasteiger partial charge in [-0.15, -0.1) is 5.10 Å². The zero-order valence-electron chi connectivity index (χ0n) is 15.6. The first-order valence-electron chi connectivity index (χ1n) is 9.53. The first-order valence-corrected chi connectivity index (χ1v) is 9.53. The molecular weight excluding hydrogens is 366 g/mol. The van der Waals surface area contributed by atoms with Crippen molar-refractivity contribution in [2.24, 2.45) is 0 Å². The maximum Gasteiger partial charge on any atom is 0.246 e. The normalized spacial score (nSPS) is 13.4. The van der Waals surface area contributed by atoms with E-state index in [9.17, 15) is 4.79 Å². The van der Waals surface area contributed by atoms with Crippen molar-refractivity contribution in [3.63, 3.8) is 0 Å². The molecule has 0 saturated heterocycles. The van der Waals surface area contributed by atoms with Gasteiger partial charge in [-0.05, 0) is 25.0 Å². The lowest BCUT2D eigenvalue weighted by Gasteiger charge is -2.09. The molecule has 1 amide bonds. The highest BCUT2D eigenvalue weighted by Gasteiger charge is 2.26. The minimum Gasteiger partial charge on any atom is -0.324 e. The molecule has 1 fully saturated rings. The summed E-state index contributed by atoms with van der Waals surface area (Å²) >= 11 is 0. The highest BCUT2D eigenvalue weighted by atomic mass is 16.2. The van der Waals surface area contributed by atoms with E-state index in [0.717, 1.165) is 29.7 Å². The van der Waals surface area contributed by atoms with Gasteiger partial charge in [0.05, 0.1) is 11.4 Å². The standard InChI is InChI=1S/C21H19N7O/c29-19(13-28-12-18(24-27-28)14-10-11-14)22-17-9-5-4-8-16(17)21-23-20(25-26-21)15-6-2-1-3-7-15/h1-9,12,14H,10-11,13H2,(H,22,29)(H,23,25,26). The number of benzene rings is 2. The van der Waals surface area contributed by atoms with Gasteiger partial charge in [0.25, 0.3) is 0 Å². The monoisotopic (exact) mass is 385 g/mol. The predicted octanol–water partition coefficient (Wildman–Crippen LogP) is 3.25. The molecule has 1 saturated carbocycles. The van der Waals surface area contributed by atoms with Gasteiger partial charge < -0.3 is 5.32 Å². The zero-order valence-corrected chi connectivity index (χ0v) is 15.6. The Morgan fingerprint density at radius 1 is 1.10 bits per heavy atom. The molecule has 1 aliphatic rings. The van der Waals surface area contributed by atoms with Gasteiger partial charge in [0.2, 0.25) is 5.91 Å². The molecule has 0 unspecified atom stereocenters. The van der Waals surface area contributed by atoms with Crippen LogP contribution in [0.1, 0.15) is 24.5 Å². The first kappa shape index (κ1) is 17.3. The molecule has 2 aromatic carbocycles. The fourth-order valence-corrected chi connectivity index (χ4v) is 3.19. The van der Waals surface area contributed by atoms with E-state index in [1.807, 2.05) is 60.8 Å². The number of carbonyl (C=O) groups is 1. The molecule has 144 valence electrons. The van der Waals surface area contributed by atoms with Gasteiger partial charge in [0.1, 0.15) is 6.54 Å². The lowest BCUT2D eigenvalue weighted by atomic mass is 10.1. The van der Waals surface area contributed by atoms with Gasteiger partial charge in [-0.2, -0.15) is 5.10 Å². The number of H-pyrrole nitrogens is 1. The minimum atomic E-state index is -0.174. The van der Waals surface area contributed by atoms with Crippen molar-refractivity contribution in [1.29, 1.82) is 0 Å². The topological polar surface area (TPSA) is 101 Å². The first-order chi connectivity index (χ1) is 14.3. The van der Waals surface area contributed by atoms with Crippen LogP contribution in [0.3, 0.4) is 0 Å². The summed E-state index contributed by atoms with van der Waals surface area (Å²) in [6.07, 6.45) is 4.16. The molecule has 8 heteroatoms. The Bertz CT molecular complexity index is 1140. The number of hydrogen-bond acceptors (Lipinski definition) is 5. The Morgan fingerprint density at radius 3 is 2.72 bits per heavy atom. The summed E-state index contributed by atoms with van der Waals surface area (Å²) in [4.78, 5) is 17.1. The molecule has 2 heterocycles. The predicted molar refractivity (Wildman–Crippen MR) is 108 cm³/mol. The van der Waals surface area contributed by atoms with Crippen molar-refractivity contribution < 1.29 is 4.79 Å². The molecule has 0 atom stereocenters. The summed E-state index contributed by atoms with van der Waals surface area (Å²) < 4.78 is 1.58. The van der Waals surface area contributed by atoms with E-state index in [-0.39, 0.29) is 12.5 Å². The van der Waals surface area contributed by atoms with E-state index < -0.39 is 0 Å². The third-order valence-corrected chi connectivity index (χ3v) is 4.83. The molecule has 0 spiro atoms. The van der Waals surface area contributed by atoms with Crippen LogP contribution >= 0.6 is 0 Å². The van der Waals surface area contributed by atoms with Crippen molar-refractivity contribution in [2.75, 3.05) is 5.32 Å². The number of nitrogens with one attached hydrogen (secondary N) is 2. The number of para-hydroxylation sites is 1. The van der Waals surface area contributed by atoms with Gasteiger partial charge in [0.15, 0.2) is 11.6 Å². The van der Waals surface area contributed by atoms with Crippen LogP contribution in [0.25, 0.3) is 22.8 Å². The number of carbonyl (C=O) groups excluding carboxylic acids is 1. The Balaban J connectivity index is 1.34. The number of rotatable bonds is 6. The van der Waals surface area contributed by atoms with Crippen LogP contribution in [0.15, 0.2) is 60.8 Å². The number of aromatic nitrogens is 6. The lowest BCUT2D eigenvalue weighted by molar-refractivity contribution is -0.116. The van der Waals surface area contributed by atoms with Gasteiger partial charge in [-0.25, -0.2) is 9.67 Å². The maximum atomic E-state index is 12.5. The van der Waals surface area contributed by atoms with E-state index >= 15 is 0 Å². The molecule has 0 aliphatic heterocycles. The van der Waals surface area contributed by atoms with Crippen molar-refractivity contribution >= 4 is 11.6 Å². The van der Waals surface area contributed by atoms with Gasteiger partial charge in [-0.3, -0.25) is 9.89 Å². The Labute approximate surface area is 167 Å². The van der Waals surface area contributed by atoms with Crippen molar-refractivity contribution in [3.05, 3.63) is 66.5 Å². The van der Waals surface area contributed by atoms with Crippen molar-refractivity contribution in [3.8, 4) is 22.8 Å². The van der Waals surface area contributed by atoms with E-state index in [0.29, 0.717) is 23.3 Å². The molecule has 1 aliphatic carbocycles. The summed E-state index contributed by atoms with van der Waals surface area (Å²) in [6.45, 7) is 0.111. The maximum absolute atomic E-state index is 12.5. The molecule has 8 nitrogen and oxygen atoms in total. The van der Waals surface area contributed by atoms with Crippen LogP contribution < -0.4 is 5.32 Å². The average Bonchev–Trinajstić information content (AvgIpc) is 3.29. The van der Waals surface area contributed by atoms with Gasteiger partial charge >= 0.3 is 0 Å². The highest BCUT2D eigenvalue weighted by Crippen LogP contribution is 2.38. The van der Waals surface area contributed by atoms with Crippen LogP contribution in [0.2, 0.25) is 0 Å². The third-order valence-electron chi connectivity index (χ3n) is 4.83. The number of hydrogen-bond donors (Lipinski definition) is 2. The highest BCUT2D eigenvalue weighted by molar-refractivity contribution is 5.94. The van der Waals surface area contributed by atoms with E-state index in [1.165, 1.54) is 0 Å². The molecule has 4 aromatic rings. The minimum absolute atomic E-state index is 0.111. The second-order valence-electron chi connectivity index (χ2n) is 7.08. The largest absolute Gasteiger partial charge is 0.324 e. The molecule has 0 radical (unpaired) electrons. The summed E-state index contributed by atoms with van der Waals surface area (Å²) in [5, 5.41) is 18.4. The zero-order chi connectivity index (χ0) is 19.6. The second-order valence-corrected chi connectivity index (χ2v) is 7.08. The van der Waals surface area contributed by atoms with E-state index in [4.69, 9.17) is 0 Å². The van der Waals surface area contributed by atoms with Crippen LogP contribution in [0.5, 0.6) is 0 Å². The van der Waals surface area contributed by atoms with E-state index in [2.05, 4.69) is 30.8 Å². The second kappa shape index (κ2) is 7.31. The Kier molecular flexibility index (Phi) is 4.36. The van der Waals surface area contributed by atoms with Gasteiger partial charge in [-0.1, -0.05) is 47.7 Å². The van der Waals surface area contributed by atoms with Crippen LogP contribution in [-0.2, 0) is 11.3 Å². The molecule has 2 N–H and O–H groups in total. The number of nitrogens with zero attached hydrogens (tertiary/aromatic N) is 5. The summed E-state index contributed by atoms with van der Waals surface area (Å²) in [5.74, 6) is 1.54. The smallest absolute Gasteiger partial charge is 0.246 e. The third kappa shape index (κ3) is 3.77. The SMILES string of the molecule is O=C(Cn1cc(C2CC2)nn1)Nc1ccccc1-c1nc(-c2ccccc2)n[nH]1. The molecule has 2 aromatic heterocycles. The number of anilines is 1. The average molecular weight is 385 g/mol. The molecular formula is C21H19N7O.